The van der Waals surface area contributed by atoms with Crippen molar-refractivity contribution in [2.24, 2.45) is 0 Å². The fraction of sp³-hybridized carbons (Fsp3) is 0.400. The number of nitrogens with zero attached hydrogens (tertiary/aromatic N) is 2. The Bertz CT molecular complexity index is 461. The van der Waals surface area contributed by atoms with Crippen molar-refractivity contribution in [3.63, 3.8) is 0 Å². The van der Waals surface area contributed by atoms with Crippen molar-refractivity contribution in [2.45, 2.75) is 13.2 Å². The molecule has 0 spiro atoms. The maximum absolute atomic E-state index is 9.00. The van der Waals surface area contributed by atoms with E-state index in [-0.39, 0.29) is 0 Å². The predicted octanol–water partition coefficient (Wildman–Crippen LogP) is 1.85. The zero-order valence-electron chi connectivity index (χ0n) is 8.11. The largest absolute Gasteiger partial charge is 0.345 e. The van der Waals surface area contributed by atoms with Gasteiger partial charge in [-0.1, -0.05) is 0 Å². The van der Waals surface area contributed by atoms with E-state index >= 15 is 0 Å². The number of aryl methyl sites for hydroxylation is 1. The van der Waals surface area contributed by atoms with E-state index in [1.54, 1.807) is 0 Å². The first kappa shape index (κ1) is 10.1. The molecule has 0 atom stereocenters. The molecule has 1 aliphatic heterocycles. The molecule has 2 heterocycles. The van der Waals surface area contributed by atoms with Gasteiger partial charge in [0.1, 0.15) is 12.1 Å². The molecular weight excluding hydrogens is 212 g/mol. The second kappa shape index (κ2) is 4.00. The molecule has 1 aliphatic rings. The van der Waals surface area contributed by atoms with E-state index in [4.69, 9.17) is 20.0 Å². The van der Waals surface area contributed by atoms with Crippen LogP contribution in [-0.4, -0.2) is 13.2 Å². The van der Waals surface area contributed by atoms with Crippen LogP contribution in [-0.2, 0) is 9.47 Å². The second-order valence-corrected chi connectivity index (χ2v) is 4.33. The van der Waals surface area contributed by atoms with E-state index in [0.29, 0.717) is 29.2 Å². The molecule has 1 fully saturated rings. The Balaban J connectivity index is 2.49. The standard InChI is InChI=1S/C10H8N2O2S/c1-6-7(4-11)8(5-12)9(15-6)10-13-2-3-14-10/h10H,2-3H2,1H3. The smallest absolute Gasteiger partial charge is 0.194 e. The molecule has 4 nitrogen and oxygen atoms in total. The SMILES string of the molecule is Cc1sc(C2OCCO2)c(C#N)c1C#N. The van der Waals surface area contributed by atoms with Gasteiger partial charge >= 0.3 is 0 Å². The Labute approximate surface area is 91.3 Å². The van der Waals surface area contributed by atoms with E-state index in [1.165, 1.54) is 11.3 Å². The minimum absolute atomic E-state index is 0.395. The summed E-state index contributed by atoms with van der Waals surface area (Å²) < 4.78 is 10.6. The van der Waals surface area contributed by atoms with Crippen molar-refractivity contribution in [3.05, 3.63) is 20.9 Å². The maximum atomic E-state index is 9.00. The first-order valence-corrected chi connectivity index (χ1v) is 5.26. The molecule has 1 aromatic heterocycles. The molecule has 0 aliphatic carbocycles. The molecule has 15 heavy (non-hydrogen) atoms. The number of nitriles is 2. The lowest BCUT2D eigenvalue weighted by Crippen LogP contribution is -1.97. The lowest BCUT2D eigenvalue weighted by molar-refractivity contribution is -0.0415. The summed E-state index contributed by atoms with van der Waals surface area (Å²) in [5, 5.41) is 17.9. The third-order valence-corrected chi connectivity index (χ3v) is 3.30. The summed E-state index contributed by atoms with van der Waals surface area (Å²) in [5.74, 6) is 0. The zero-order chi connectivity index (χ0) is 10.8. The van der Waals surface area contributed by atoms with Crippen LogP contribution in [0.3, 0.4) is 0 Å². The van der Waals surface area contributed by atoms with Crippen molar-refractivity contribution in [3.8, 4) is 12.1 Å². The second-order valence-electron chi connectivity index (χ2n) is 3.07. The average Bonchev–Trinajstić information content (AvgIpc) is 2.83. The van der Waals surface area contributed by atoms with Crippen molar-refractivity contribution >= 4 is 11.3 Å². The summed E-state index contributed by atoms with van der Waals surface area (Å²) >= 11 is 1.39. The van der Waals surface area contributed by atoms with Crippen LogP contribution in [0.1, 0.15) is 27.2 Å². The van der Waals surface area contributed by atoms with Crippen molar-refractivity contribution in [2.75, 3.05) is 13.2 Å². The van der Waals surface area contributed by atoms with Gasteiger partial charge in [0, 0.05) is 4.88 Å². The first-order chi connectivity index (χ1) is 7.27. The normalized spacial score (nSPS) is 16.2. The van der Waals surface area contributed by atoms with Crippen LogP contribution < -0.4 is 0 Å². The van der Waals surface area contributed by atoms with Crippen molar-refractivity contribution in [1.82, 2.24) is 0 Å². The highest BCUT2D eigenvalue weighted by Gasteiger charge is 2.26. The molecule has 0 bridgehead atoms. The molecule has 0 aromatic carbocycles. The van der Waals surface area contributed by atoms with Crippen LogP contribution in [0.25, 0.3) is 0 Å². The van der Waals surface area contributed by atoms with E-state index in [9.17, 15) is 0 Å². The van der Waals surface area contributed by atoms with Gasteiger partial charge in [0.05, 0.1) is 29.2 Å². The van der Waals surface area contributed by atoms with E-state index in [1.807, 2.05) is 19.1 Å². The Morgan fingerprint density at radius 3 is 2.33 bits per heavy atom. The molecular formula is C10H8N2O2S. The summed E-state index contributed by atoms with van der Waals surface area (Å²) in [7, 11) is 0. The third kappa shape index (κ3) is 1.62. The van der Waals surface area contributed by atoms with Gasteiger partial charge in [-0.25, -0.2) is 0 Å². The molecule has 0 N–H and O–H groups in total. The highest BCUT2D eigenvalue weighted by molar-refractivity contribution is 7.12. The zero-order valence-corrected chi connectivity index (χ0v) is 8.93. The summed E-state index contributed by atoms with van der Waals surface area (Å²) in [6, 6.07) is 4.08. The summed E-state index contributed by atoms with van der Waals surface area (Å²) in [6.45, 7) is 2.89. The Morgan fingerprint density at radius 1 is 1.20 bits per heavy atom. The lowest BCUT2D eigenvalue weighted by Gasteiger charge is -2.05. The fourth-order valence-electron chi connectivity index (χ4n) is 1.49. The Hall–Kier alpha value is -1.40. The minimum atomic E-state index is -0.467. The van der Waals surface area contributed by atoms with Gasteiger partial charge in [0.25, 0.3) is 0 Å². The minimum Gasteiger partial charge on any atom is -0.345 e. The lowest BCUT2D eigenvalue weighted by atomic mass is 10.1. The Morgan fingerprint density at radius 2 is 1.80 bits per heavy atom. The van der Waals surface area contributed by atoms with Gasteiger partial charge in [-0.15, -0.1) is 11.3 Å². The van der Waals surface area contributed by atoms with Crippen LogP contribution in [0.4, 0.5) is 0 Å². The van der Waals surface area contributed by atoms with Gasteiger partial charge in [0.15, 0.2) is 6.29 Å². The predicted molar refractivity (Wildman–Crippen MR) is 53.1 cm³/mol. The van der Waals surface area contributed by atoms with Crippen LogP contribution >= 0.6 is 11.3 Å². The highest BCUT2D eigenvalue weighted by atomic mass is 32.1. The maximum Gasteiger partial charge on any atom is 0.194 e. The molecule has 1 aromatic rings. The van der Waals surface area contributed by atoms with Gasteiger partial charge in [-0.2, -0.15) is 10.5 Å². The molecule has 0 radical (unpaired) electrons. The van der Waals surface area contributed by atoms with Crippen LogP contribution in [0.5, 0.6) is 0 Å². The fourth-order valence-corrected chi connectivity index (χ4v) is 2.55. The van der Waals surface area contributed by atoms with Crippen LogP contribution in [0.15, 0.2) is 0 Å². The molecule has 0 saturated carbocycles. The molecule has 76 valence electrons. The number of thiophene rings is 1. The molecule has 1 saturated heterocycles. The molecule has 2 rings (SSSR count). The van der Waals surface area contributed by atoms with Gasteiger partial charge in [-0.05, 0) is 6.92 Å². The van der Waals surface area contributed by atoms with Crippen LogP contribution in [0, 0.1) is 29.6 Å². The third-order valence-electron chi connectivity index (χ3n) is 2.17. The number of rotatable bonds is 1. The topological polar surface area (TPSA) is 66.0 Å². The highest BCUT2D eigenvalue weighted by Crippen LogP contribution is 2.35. The number of ether oxygens (including phenoxy) is 2. The average molecular weight is 220 g/mol. The Kier molecular flexibility index (Phi) is 2.70. The van der Waals surface area contributed by atoms with Gasteiger partial charge in [0.2, 0.25) is 0 Å². The molecule has 0 unspecified atom stereocenters. The summed E-state index contributed by atoms with van der Waals surface area (Å²) in [5.41, 5.74) is 0.837. The number of hydrogen-bond acceptors (Lipinski definition) is 5. The van der Waals surface area contributed by atoms with Crippen LogP contribution in [0.2, 0.25) is 0 Å². The summed E-state index contributed by atoms with van der Waals surface area (Å²) in [6.07, 6.45) is -0.467. The van der Waals surface area contributed by atoms with E-state index in [2.05, 4.69) is 0 Å². The summed E-state index contributed by atoms with van der Waals surface area (Å²) in [4.78, 5) is 1.55. The molecule has 0 amide bonds. The van der Waals surface area contributed by atoms with E-state index in [0.717, 1.165) is 4.88 Å². The number of hydrogen-bond donors (Lipinski definition) is 0. The van der Waals surface area contributed by atoms with Crippen molar-refractivity contribution < 1.29 is 9.47 Å². The van der Waals surface area contributed by atoms with E-state index < -0.39 is 6.29 Å². The van der Waals surface area contributed by atoms with Gasteiger partial charge in [-0.3, -0.25) is 0 Å². The monoisotopic (exact) mass is 220 g/mol. The van der Waals surface area contributed by atoms with Gasteiger partial charge < -0.3 is 9.47 Å². The first-order valence-electron chi connectivity index (χ1n) is 4.44. The molecule has 5 heteroatoms. The van der Waals surface area contributed by atoms with Crippen molar-refractivity contribution in [1.29, 1.82) is 10.5 Å². The quantitative estimate of drug-likeness (QED) is 0.724.